The molecular weight excluding hydrogens is 397 g/mol. The molecule has 1 heterocycles. The lowest BCUT2D eigenvalue weighted by Crippen LogP contribution is -2.43. The Bertz CT molecular complexity index is 597. The van der Waals surface area contributed by atoms with E-state index in [1.54, 1.807) is 7.11 Å². The lowest BCUT2D eigenvalue weighted by Gasteiger charge is -2.36. The Labute approximate surface area is 181 Å². The number of nitrogens with one attached hydrogen (secondary N) is 1. The van der Waals surface area contributed by atoms with E-state index in [2.05, 4.69) is 22.3 Å². The van der Waals surface area contributed by atoms with Gasteiger partial charge in [0.2, 0.25) is 5.91 Å². The summed E-state index contributed by atoms with van der Waals surface area (Å²) in [5, 5.41) is 3.23. The van der Waals surface area contributed by atoms with Crippen molar-refractivity contribution in [2.45, 2.75) is 57.0 Å². The summed E-state index contributed by atoms with van der Waals surface area (Å²) in [5.41, 5.74) is 7.22. The Morgan fingerprint density at radius 2 is 1.89 bits per heavy atom. The highest BCUT2D eigenvalue weighted by Gasteiger charge is 2.28. The summed E-state index contributed by atoms with van der Waals surface area (Å²) in [6.07, 6.45) is 7.61. The van der Waals surface area contributed by atoms with Crippen molar-refractivity contribution in [1.29, 1.82) is 0 Å². The molecule has 2 fully saturated rings. The Morgan fingerprint density at radius 3 is 2.57 bits per heavy atom. The number of hydrogen-bond donors (Lipinski definition) is 2. The second kappa shape index (κ2) is 12.5. The van der Waals surface area contributed by atoms with Crippen molar-refractivity contribution < 1.29 is 9.53 Å². The van der Waals surface area contributed by atoms with E-state index in [0.717, 1.165) is 50.1 Å². The molecule has 1 aromatic carbocycles. The minimum absolute atomic E-state index is 0. The van der Waals surface area contributed by atoms with E-state index in [9.17, 15) is 4.79 Å². The molecule has 0 bridgehead atoms. The fourth-order valence-electron chi connectivity index (χ4n) is 4.41. The van der Waals surface area contributed by atoms with Gasteiger partial charge in [0.1, 0.15) is 5.75 Å². The third kappa shape index (κ3) is 6.51. The largest absolute Gasteiger partial charge is 0.496 e. The van der Waals surface area contributed by atoms with E-state index in [0.29, 0.717) is 6.54 Å². The van der Waals surface area contributed by atoms with E-state index in [4.69, 9.17) is 10.5 Å². The molecule has 28 heavy (non-hydrogen) atoms. The molecule has 1 aliphatic heterocycles. The van der Waals surface area contributed by atoms with Crippen molar-refractivity contribution in [1.82, 2.24) is 10.2 Å². The Hall–Kier alpha value is -1.01. The number of methoxy groups -OCH3 is 1. The molecule has 3 atom stereocenters. The summed E-state index contributed by atoms with van der Waals surface area (Å²) in [5.74, 6) is 1.13. The highest BCUT2D eigenvalue weighted by Crippen LogP contribution is 2.31. The standard InChI is InChI=1S/C21H33N3O2.2ClH/c1-26-20-11-4-3-10-18(20)19(24-12-5-2-6-13-24)15-23-21(25)16-8-7-9-17(22)14-16;;/h3-4,10-11,16-17,19H,2,5-9,12-15,22H2,1H3,(H,23,25);2*1H. The smallest absolute Gasteiger partial charge is 0.223 e. The first-order valence-corrected chi connectivity index (χ1v) is 10.1. The number of amides is 1. The molecule has 0 spiro atoms. The Morgan fingerprint density at radius 1 is 1.18 bits per heavy atom. The molecular formula is C21H35Cl2N3O2. The van der Waals surface area contributed by atoms with Gasteiger partial charge < -0.3 is 15.8 Å². The Balaban J connectivity index is 0.00000196. The lowest BCUT2D eigenvalue weighted by atomic mass is 9.85. The molecule has 5 nitrogen and oxygen atoms in total. The lowest BCUT2D eigenvalue weighted by molar-refractivity contribution is -0.126. The van der Waals surface area contributed by atoms with Crippen molar-refractivity contribution in [3.05, 3.63) is 29.8 Å². The average molecular weight is 432 g/mol. The first-order chi connectivity index (χ1) is 12.7. The van der Waals surface area contributed by atoms with Gasteiger partial charge in [0.05, 0.1) is 13.2 Å². The predicted octanol–water partition coefficient (Wildman–Crippen LogP) is 3.70. The molecule has 1 aliphatic carbocycles. The summed E-state index contributed by atoms with van der Waals surface area (Å²) < 4.78 is 5.60. The van der Waals surface area contributed by atoms with Crippen LogP contribution in [0.3, 0.4) is 0 Å². The molecule has 3 N–H and O–H groups in total. The highest BCUT2D eigenvalue weighted by molar-refractivity contribution is 5.85. The van der Waals surface area contributed by atoms with Crippen LogP contribution in [0.4, 0.5) is 0 Å². The van der Waals surface area contributed by atoms with Crippen molar-refractivity contribution >= 4 is 30.7 Å². The maximum atomic E-state index is 12.7. The van der Waals surface area contributed by atoms with Crippen molar-refractivity contribution in [2.24, 2.45) is 11.7 Å². The van der Waals surface area contributed by atoms with Gasteiger partial charge in [-0.05, 0) is 51.3 Å². The third-order valence-corrected chi connectivity index (χ3v) is 5.88. The molecule has 160 valence electrons. The van der Waals surface area contributed by atoms with Crippen LogP contribution in [0.15, 0.2) is 24.3 Å². The zero-order valence-electron chi connectivity index (χ0n) is 16.8. The molecule has 0 radical (unpaired) electrons. The molecule has 2 aliphatic rings. The number of halogens is 2. The van der Waals surface area contributed by atoms with E-state index in [1.807, 2.05) is 12.1 Å². The molecule has 7 heteroatoms. The number of ether oxygens (including phenoxy) is 1. The molecule has 0 aromatic heterocycles. The number of nitrogens with two attached hydrogens (primary N) is 1. The van der Waals surface area contributed by atoms with E-state index in [1.165, 1.54) is 19.3 Å². The van der Waals surface area contributed by atoms with Crippen molar-refractivity contribution in [3.8, 4) is 5.75 Å². The number of carbonyl (C=O) groups is 1. The van der Waals surface area contributed by atoms with Gasteiger partial charge in [-0.1, -0.05) is 31.0 Å². The van der Waals surface area contributed by atoms with Crippen LogP contribution in [0.2, 0.25) is 0 Å². The minimum Gasteiger partial charge on any atom is -0.496 e. The fourth-order valence-corrected chi connectivity index (χ4v) is 4.41. The number of rotatable bonds is 6. The summed E-state index contributed by atoms with van der Waals surface area (Å²) >= 11 is 0. The first kappa shape index (κ1) is 25.0. The van der Waals surface area contributed by atoms with Crippen LogP contribution in [-0.2, 0) is 4.79 Å². The van der Waals surface area contributed by atoms with Crippen LogP contribution in [0, 0.1) is 5.92 Å². The molecule has 1 saturated carbocycles. The summed E-state index contributed by atoms with van der Waals surface area (Å²) in [4.78, 5) is 15.2. The van der Waals surface area contributed by atoms with Gasteiger partial charge in [-0.3, -0.25) is 9.69 Å². The van der Waals surface area contributed by atoms with Crippen LogP contribution in [0.25, 0.3) is 0 Å². The predicted molar refractivity (Wildman–Crippen MR) is 119 cm³/mol. The minimum atomic E-state index is 0. The number of piperidine rings is 1. The van der Waals surface area contributed by atoms with Crippen LogP contribution in [-0.4, -0.2) is 43.6 Å². The average Bonchev–Trinajstić information content (AvgIpc) is 2.69. The maximum absolute atomic E-state index is 12.7. The third-order valence-electron chi connectivity index (χ3n) is 5.88. The number of hydrogen-bond acceptors (Lipinski definition) is 4. The van der Waals surface area contributed by atoms with Crippen LogP contribution in [0.1, 0.15) is 56.6 Å². The number of para-hydroxylation sites is 1. The molecule has 1 amide bonds. The van der Waals surface area contributed by atoms with Crippen LogP contribution >= 0.6 is 24.8 Å². The normalized spacial score (nSPS) is 23.6. The molecule has 3 rings (SSSR count). The van der Waals surface area contributed by atoms with Gasteiger partial charge in [-0.2, -0.15) is 0 Å². The van der Waals surface area contributed by atoms with Crippen molar-refractivity contribution in [3.63, 3.8) is 0 Å². The molecule has 3 unspecified atom stereocenters. The van der Waals surface area contributed by atoms with Gasteiger partial charge in [-0.25, -0.2) is 0 Å². The van der Waals surface area contributed by atoms with Crippen molar-refractivity contribution in [2.75, 3.05) is 26.7 Å². The molecule has 1 saturated heterocycles. The summed E-state index contributed by atoms with van der Waals surface area (Å²) in [6, 6.07) is 8.52. The second-order valence-electron chi connectivity index (χ2n) is 7.72. The van der Waals surface area contributed by atoms with E-state index >= 15 is 0 Å². The van der Waals surface area contributed by atoms with Gasteiger partial charge in [0, 0.05) is 24.1 Å². The van der Waals surface area contributed by atoms with Crippen LogP contribution < -0.4 is 15.8 Å². The SMILES string of the molecule is COc1ccccc1C(CNC(=O)C1CCCC(N)C1)N1CCCCC1.Cl.Cl. The summed E-state index contributed by atoms with van der Waals surface area (Å²) in [6.45, 7) is 2.78. The zero-order valence-corrected chi connectivity index (χ0v) is 18.4. The number of carbonyl (C=O) groups excluding carboxylic acids is 1. The van der Waals surface area contributed by atoms with Gasteiger partial charge in [0.15, 0.2) is 0 Å². The van der Waals surface area contributed by atoms with Gasteiger partial charge in [-0.15, -0.1) is 24.8 Å². The fraction of sp³-hybridized carbons (Fsp3) is 0.667. The monoisotopic (exact) mass is 431 g/mol. The highest BCUT2D eigenvalue weighted by atomic mass is 35.5. The zero-order chi connectivity index (χ0) is 18.4. The topological polar surface area (TPSA) is 67.6 Å². The number of benzene rings is 1. The quantitative estimate of drug-likeness (QED) is 0.720. The first-order valence-electron chi connectivity index (χ1n) is 10.1. The Kier molecular flexibility index (Phi) is 11.2. The van der Waals surface area contributed by atoms with E-state index in [-0.39, 0.29) is 48.7 Å². The number of nitrogens with zero attached hydrogens (tertiary/aromatic N) is 1. The van der Waals surface area contributed by atoms with Crippen LogP contribution in [0.5, 0.6) is 5.75 Å². The van der Waals surface area contributed by atoms with Gasteiger partial charge >= 0.3 is 0 Å². The van der Waals surface area contributed by atoms with Gasteiger partial charge in [0.25, 0.3) is 0 Å². The molecule has 1 aromatic rings. The summed E-state index contributed by atoms with van der Waals surface area (Å²) in [7, 11) is 1.72. The van der Waals surface area contributed by atoms with E-state index < -0.39 is 0 Å². The second-order valence-corrected chi connectivity index (χ2v) is 7.72. The maximum Gasteiger partial charge on any atom is 0.223 e. The number of likely N-dealkylation sites (tertiary alicyclic amines) is 1.